The summed E-state index contributed by atoms with van der Waals surface area (Å²) in [6.45, 7) is 0.621. The highest BCUT2D eigenvalue weighted by atomic mass is 35.5. The Labute approximate surface area is 128 Å². The average molecular weight is 311 g/mol. The maximum atomic E-state index is 13.3. The van der Waals surface area contributed by atoms with E-state index in [1.165, 1.54) is 12.1 Å². The third-order valence-corrected chi connectivity index (χ3v) is 3.07. The largest absolute Gasteiger partial charge is 0.493 e. The second-order valence-corrected chi connectivity index (χ2v) is 4.54. The number of methoxy groups -OCH3 is 1. The molecule has 0 heterocycles. The molecule has 0 unspecified atom stereocenters. The number of hydrogen-bond acceptors (Lipinski definition) is 3. The lowest BCUT2D eigenvalue weighted by atomic mass is 10.2. The first-order valence-electron chi connectivity index (χ1n) is 6.47. The molecule has 0 aliphatic rings. The van der Waals surface area contributed by atoms with Crippen LogP contribution in [0.1, 0.15) is 5.56 Å². The van der Waals surface area contributed by atoms with Gasteiger partial charge in [0.2, 0.25) is 0 Å². The van der Waals surface area contributed by atoms with Crippen molar-refractivity contribution in [2.24, 2.45) is 0 Å². The van der Waals surface area contributed by atoms with Crippen molar-refractivity contribution in [3.05, 3.63) is 53.8 Å². The molecule has 112 valence electrons. The summed E-state index contributed by atoms with van der Waals surface area (Å²) >= 11 is 5.68. The molecule has 0 aromatic heterocycles. The van der Waals surface area contributed by atoms with Gasteiger partial charge < -0.3 is 14.2 Å². The first-order chi connectivity index (χ1) is 10.2. The van der Waals surface area contributed by atoms with Gasteiger partial charge in [0.1, 0.15) is 24.8 Å². The van der Waals surface area contributed by atoms with Crippen LogP contribution in [0.3, 0.4) is 0 Å². The number of rotatable bonds is 7. The van der Waals surface area contributed by atoms with E-state index in [0.717, 1.165) is 0 Å². The summed E-state index contributed by atoms with van der Waals surface area (Å²) in [5, 5.41) is 0. The van der Waals surface area contributed by atoms with E-state index in [4.69, 9.17) is 25.8 Å². The van der Waals surface area contributed by atoms with E-state index in [2.05, 4.69) is 0 Å². The maximum absolute atomic E-state index is 13.3. The monoisotopic (exact) mass is 310 g/mol. The van der Waals surface area contributed by atoms with Gasteiger partial charge in [0.25, 0.3) is 0 Å². The van der Waals surface area contributed by atoms with E-state index >= 15 is 0 Å². The highest BCUT2D eigenvalue weighted by Gasteiger charge is 2.04. The molecule has 3 nitrogen and oxygen atoms in total. The standard InChI is InChI=1S/C16H16ClFO3/c1-19-15-4-2-3-5-16(15)21-7-6-20-14-9-12(11-17)8-13(18)10-14/h2-5,8-10H,6-7,11H2,1H3. The minimum absolute atomic E-state index is 0.242. The van der Waals surface area contributed by atoms with Gasteiger partial charge in [-0.3, -0.25) is 0 Å². The average Bonchev–Trinajstić information content (AvgIpc) is 2.51. The number of para-hydroxylation sites is 2. The Kier molecular flexibility index (Phi) is 5.69. The van der Waals surface area contributed by atoms with Crippen LogP contribution < -0.4 is 14.2 Å². The molecule has 2 aromatic rings. The number of alkyl halides is 1. The molecule has 21 heavy (non-hydrogen) atoms. The van der Waals surface area contributed by atoms with E-state index < -0.39 is 0 Å². The van der Waals surface area contributed by atoms with E-state index in [1.807, 2.05) is 24.3 Å². The summed E-state index contributed by atoms with van der Waals surface area (Å²) in [4.78, 5) is 0. The Hall–Kier alpha value is -1.94. The molecule has 0 atom stereocenters. The van der Waals surface area contributed by atoms with Crippen LogP contribution >= 0.6 is 11.6 Å². The summed E-state index contributed by atoms with van der Waals surface area (Å²) in [5.74, 6) is 1.62. The zero-order chi connectivity index (χ0) is 15.1. The van der Waals surface area contributed by atoms with Gasteiger partial charge >= 0.3 is 0 Å². The topological polar surface area (TPSA) is 27.7 Å². The minimum Gasteiger partial charge on any atom is -0.493 e. The molecule has 0 amide bonds. The Bertz CT molecular complexity index is 589. The Morgan fingerprint density at radius 2 is 1.71 bits per heavy atom. The van der Waals surface area contributed by atoms with E-state index in [9.17, 15) is 4.39 Å². The third-order valence-electron chi connectivity index (χ3n) is 2.76. The molecule has 2 aromatic carbocycles. The van der Waals surface area contributed by atoms with Crippen molar-refractivity contribution in [1.29, 1.82) is 0 Å². The fourth-order valence-electron chi connectivity index (χ4n) is 1.83. The van der Waals surface area contributed by atoms with Crippen molar-refractivity contribution in [1.82, 2.24) is 0 Å². The molecular weight excluding hydrogens is 295 g/mol. The maximum Gasteiger partial charge on any atom is 0.161 e. The van der Waals surface area contributed by atoms with Gasteiger partial charge in [-0.15, -0.1) is 11.6 Å². The Balaban J connectivity index is 1.86. The predicted octanol–water partition coefficient (Wildman–Crippen LogP) is 4.03. The van der Waals surface area contributed by atoms with Gasteiger partial charge in [-0.2, -0.15) is 0 Å². The SMILES string of the molecule is COc1ccccc1OCCOc1cc(F)cc(CCl)c1. The Morgan fingerprint density at radius 3 is 2.43 bits per heavy atom. The second kappa shape index (κ2) is 7.74. The van der Waals surface area contributed by atoms with E-state index in [-0.39, 0.29) is 11.7 Å². The van der Waals surface area contributed by atoms with Gasteiger partial charge in [-0.25, -0.2) is 4.39 Å². The molecule has 0 saturated heterocycles. The second-order valence-electron chi connectivity index (χ2n) is 4.28. The lowest BCUT2D eigenvalue weighted by Crippen LogP contribution is -2.09. The van der Waals surface area contributed by atoms with Crippen LogP contribution in [0.5, 0.6) is 17.2 Å². The molecule has 0 aliphatic carbocycles. The van der Waals surface area contributed by atoms with E-state index in [0.29, 0.717) is 36.0 Å². The fraction of sp³-hybridized carbons (Fsp3) is 0.250. The summed E-state index contributed by atoms with van der Waals surface area (Å²) < 4.78 is 29.5. The number of hydrogen-bond donors (Lipinski definition) is 0. The number of ether oxygens (including phenoxy) is 3. The number of halogens is 2. The van der Waals surface area contributed by atoms with Crippen LogP contribution in [0.25, 0.3) is 0 Å². The lowest BCUT2D eigenvalue weighted by Gasteiger charge is -2.11. The van der Waals surface area contributed by atoms with Crippen molar-refractivity contribution in [3.63, 3.8) is 0 Å². The van der Waals surface area contributed by atoms with Crippen molar-refractivity contribution >= 4 is 11.6 Å². The molecule has 0 spiro atoms. The van der Waals surface area contributed by atoms with Crippen LogP contribution in [-0.4, -0.2) is 20.3 Å². The molecule has 0 aliphatic heterocycles. The van der Waals surface area contributed by atoms with Crippen molar-refractivity contribution in [3.8, 4) is 17.2 Å². The van der Waals surface area contributed by atoms with Crippen LogP contribution in [0.2, 0.25) is 0 Å². The molecule has 5 heteroatoms. The van der Waals surface area contributed by atoms with E-state index in [1.54, 1.807) is 13.2 Å². The lowest BCUT2D eigenvalue weighted by molar-refractivity contribution is 0.211. The minimum atomic E-state index is -0.367. The molecule has 0 saturated carbocycles. The fourth-order valence-corrected chi connectivity index (χ4v) is 1.98. The van der Waals surface area contributed by atoms with Gasteiger partial charge in [-0.1, -0.05) is 12.1 Å². The smallest absolute Gasteiger partial charge is 0.161 e. The molecule has 0 bridgehead atoms. The van der Waals surface area contributed by atoms with Crippen LogP contribution in [0, 0.1) is 5.82 Å². The third kappa shape index (κ3) is 4.53. The first-order valence-corrected chi connectivity index (χ1v) is 7.00. The molecule has 0 fully saturated rings. The van der Waals surface area contributed by atoms with Crippen LogP contribution in [-0.2, 0) is 5.88 Å². The van der Waals surface area contributed by atoms with Crippen molar-refractivity contribution in [2.45, 2.75) is 5.88 Å². The summed E-state index contributed by atoms with van der Waals surface area (Å²) in [5.41, 5.74) is 0.678. The van der Waals surface area contributed by atoms with Gasteiger partial charge in [0.05, 0.1) is 7.11 Å². The summed E-state index contributed by atoms with van der Waals surface area (Å²) in [6, 6.07) is 11.8. The molecular formula is C16H16ClFO3. The van der Waals surface area contributed by atoms with Gasteiger partial charge in [0.15, 0.2) is 11.5 Å². The van der Waals surface area contributed by atoms with Gasteiger partial charge in [0, 0.05) is 11.9 Å². The molecule has 0 radical (unpaired) electrons. The Morgan fingerprint density at radius 1 is 1.00 bits per heavy atom. The summed E-state index contributed by atoms with van der Waals surface area (Å²) in [7, 11) is 1.58. The zero-order valence-corrected chi connectivity index (χ0v) is 12.4. The van der Waals surface area contributed by atoms with Crippen molar-refractivity contribution in [2.75, 3.05) is 20.3 Å². The molecule has 0 N–H and O–H groups in total. The molecule has 2 rings (SSSR count). The first kappa shape index (κ1) is 15.4. The van der Waals surface area contributed by atoms with Crippen LogP contribution in [0.4, 0.5) is 4.39 Å². The number of benzene rings is 2. The summed E-state index contributed by atoms with van der Waals surface area (Å²) in [6.07, 6.45) is 0. The van der Waals surface area contributed by atoms with Crippen LogP contribution in [0.15, 0.2) is 42.5 Å². The highest BCUT2D eigenvalue weighted by Crippen LogP contribution is 2.25. The quantitative estimate of drug-likeness (QED) is 0.571. The zero-order valence-electron chi connectivity index (χ0n) is 11.6. The normalized spacial score (nSPS) is 10.2. The highest BCUT2D eigenvalue weighted by molar-refractivity contribution is 6.17. The van der Waals surface area contributed by atoms with Crippen molar-refractivity contribution < 1.29 is 18.6 Å². The predicted molar refractivity (Wildman–Crippen MR) is 79.9 cm³/mol. The van der Waals surface area contributed by atoms with Gasteiger partial charge in [-0.05, 0) is 29.8 Å².